The number of nitrogens with zero attached hydrogens (tertiary/aromatic N) is 4. The third kappa shape index (κ3) is 6.46. The summed E-state index contributed by atoms with van der Waals surface area (Å²) in [5, 5.41) is 17.3. The van der Waals surface area contributed by atoms with Crippen molar-refractivity contribution in [1.29, 1.82) is 0 Å². The number of hydrogen-bond donors (Lipinski definition) is 1. The van der Waals surface area contributed by atoms with Crippen LogP contribution in [0.1, 0.15) is 36.1 Å². The lowest BCUT2D eigenvalue weighted by Crippen LogP contribution is -2.25. The summed E-state index contributed by atoms with van der Waals surface area (Å²) in [6, 6.07) is 4.52. The van der Waals surface area contributed by atoms with Crippen LogP contribution in [0.15, 0.2) is 46.2 Å². The Hall–Kier alpha value is -3.76. The highest BCUT2D eigenvalue weighted by Gasteiger charge is 2.16. The Morgan fingerprint density at radius 2 is 1.23 bits per heavy atom. The van der Waals surface area contributed by atoms with E-state index < -0.39 is 17.2 Å². The molecular formula is C27H26Cl2F2N4O4. The van der Waals surface area contributed by atoms with Crippen LogP contribution in [0.4, 0.5) is 8.78 Å². The molecule has 39 heavy (non-hydrogen) atoms. The molecule has 4 rings (SSSR count). The van der Waals surface area contributed by atoms with Crippen LogP contribution < -0.4 is 15.9 Å². The minimum atomic E-state index is -0.726. The Kier molecular flexibility index (Phi) is 9.14. The van der Waals surface area contributed by atoms with Gasteiger partial charge in [0.2, 0.25) is 0 Å². The van der Waals surface area contributed by atoms with Gasteiger partial charge in [-0.15, -0.1) is 0 Å². The molecule has 0 spiro atoms. The Labute approximate surface area is 233 Å². The van der Waals surface area contributed by atoms with Gasteiger partial charge in [-0.3, -0.25) is 9.59 Å². The molecule has 0 fully saturated rings. The molecule has 0 unspecified atom stereocenters. The number of phenolic OH excluding ortho intramolecular Hbond substituents is 1. The molecule has 0 aliphatic rings. The third-order valence-electron chi connectivity index (χ3n) is 5.78. The van der Waals surface area contributed by atoms with Gasteiger partial charge in [0.15, 0.2) is 11.6 Å². The Morgan fingerprint density at radius 1 is 0.795 bits per heavy atom. The van der Waals surface area contributed by atoms with Gasteiger partial charge < -0.3 is 9.84 Å². The highest BCUT2D eigenvalue weighted by atomic mass is 35.5. The molecule has 0 bridgehead atoms. The molecule has 2 aromatic carbocycles. The highest BCUT2D eigenvalue weighted by Crippen LogP contribution is 2.30. The number of phenols is 1. The average Bonchev–Trinajstić information content (AvgIpc) is 2.86. The number of rotatable bonds is 4. The van der Waals surface area contributed by atoms with E-state index in [1.54, 1.807) is 27.7 Å². The zero-order chi connectivity index (χ0) is 29.2. The van der Waals surface area contributed by atoms with Crippen LogP contribution in [0, 0.1) is 39.3 Å². The summed E-state index contributed by atoms with van der Waals surface area (Å²) in [6.45, 7) is 10.5. The van der Waals surface area contributed by atoms with E-state index in [4.69, 9.17) is 27.9 Å². The fourth-order valence-electron chi connectivity index (χ4n) is 3.30. The first-order valence-corrected chi connectivity index (χ1v) is 12.4. The maximum atomic E-state index is 14.1. The second kappa shape index (κ2) is 12.0. The minimum absolute atomic E-state index is 0.0168. The summed E-state index contributed by atoms with van der Waals surface area (Å²) in [5.41, 5.74) is 1.54. The monoisotopic (exact) mass is 578 g/mol. The molecule has 206 valence electrons. The summed E-state index contributed by atoms with van der Waals surface area (Å²) >= 11 is 11.5. The molecule has 12 heteroatoms. The molecule has 0 aliphatic heterocycles. The number of aryl methyl sites for hydroxylation is 2. The van der Waals surface area contributed by atoms with Crippen molar-refractivity contribution in [3.63, 3.8) is 0 Å². The van der Waals surface area contributed by atoms with Crippen molar-refractivity contribution in [2.24, 2.45) is 0 Å². The van der Waals surface area contributed by atoms with Gasteiger partial charge in [0.05, 0.1) is 28.5 Å². The molecule has 1 N–H and O–H groups in total. The van der Waals surface area contributed by atoms with E-state index in [0.29, 0.717) is 16.9 Å². The predicted octanol–water partition coefficient (Wildman–Crippen LogP) is 5.78. The van der Waals surface area contributed by atoms with Crippen LogP contribution >= 0.6 is 23.2 Å². The lowest BCUT2D eigenvalue weighted by Gasteiger charge is -2.14. The maximum Gasteiger partial charge on any atom is 0.274 e. The predicted molar refractivity (Wildman–Crippen MR) is 146 cm³/mol. The van der Waals surface area contributed by atoms with E-state index >= 15 is 0 Å². The molecular weight excluding hydrogens is 553 g/mol. The van der Waals surface area contributed by atoms with Crippen molar-refractivity contribution in [3.8, 4) is 22.9 Å². The first-order valence-electron chi connectivity index (χ1n) is 11.7. The van der Waals surface area contributed by atoms with Gasteiger partial charge in [0, 0.05) is 23.3 Å². The van der Waals surface area contributed by atoms with Crippen LogP contribution in [0.3, 0.4) is 0 Å². The summed E-state index contributed by atoms with van der Waals surface area (Å²) < 4.78 is 35.3. The molecule has 4 aromatic rings. The molecule has 0 saturated heterocycles. The molecule has 0 aliphatic carbocycles. The van der Waals surface area contributed by atoms with E-state index in [-0.39, 0.29) is 38.8 Å². The molecule has 2 aromatic heterocycles. The number of benzene rings is 2. The maximum absolute atomic E-state index is 14.1. The van der Waals surface area contributed by atoms with Gasteiger partial charge in [0.25, 0.3) is 11.1 Å². The molecule has 0 amide bonds. The third-order valence-corrected chi connectivity index (χ3v) is 6.38. The Morgan fingerprint density at radius 3 is 1.69 bits per heavy atom. The fraction of sp³-hybridized carbons (Fsp3) is 0.259. The quantitative estimate of drug-likeness (QED) is 0.329. The van der Waals surface area contributed by atoms with Gasteiger partial charge in [-0.1, -0.05) is 23.2 Å². The lowest BCUT2D eigenvalue weighted by molar-refractivity contribution is 0.242. The lowest BCUT2D eigenvalue weighted by atomic mass is 10.2. The number of halogens is 4. The molecule has 8 nitrogen and oxygen atoms in total. The summed E-state index contributed by atoms with van der Waals surface area (Å²) in [6.07, 6.45) is 2.86. The van der Waals surface area contributed by atoms with Gasteiger partial charge in [0.1, 0.15) is 22.9 Å². The fourth-order valence-corrected chi connectivity index (χ4v) is 3.64. The van der Waals surface area contributed by atoms with E-state index in [0.717, 1.165) is 38.7 Å². The number of hydrogen-bond acceptors (Lipinski definition) is 6. The Balaban J connectivity index is 0.000000218. The molecule has 0 atom stereocenters. The SMILES string of the molecule is Cc1cnn(-c2cc(O)c(Cl)cc2F)c(=O)c1C.Cc1cnn(-c2cc(OC(C)C)c(Cl)cc2F)c(=O)c1C. The van der Waals surface area contributed by atoms with Crippen molar-refractivity contribution < 1.29 is 18.6 Å². The standard InChI is InChI=1S/C15H16ClFN2O2.C12H10ClFN2O2/c1-8(2)21-14-6-13(12(17)5-11(14)16)19-15(20)10(4)9(3)7-18-19;1-6-5-15-16(12(18)7(6)2)10-4-11(17)8(13)3-9(10)14/h5-8H,1-4H3;3-5,17H,1-2H3. The zero-order valence-electron chi connectivity index (χ0n) is 22.0. The van der Waals surface area contributed by atoms with Crippen molar-refractivity contribution >= 4 is 23.2 Å². The first kappa shape index (κ1) is 29.8. The van der Waals surface area contributed by atoms with Crippen LogP contribution in [0.2, 0.25) is 10.0 Å². The molecule has 0 radical (unpaired) electrons. The zero-order valence-corrected chi connectivity index (χ0v) is 23.5. The minimum Gasteiger partial charge on any atom is -0.506 e. The smallest absolute Gasteiger partial charge is 0.274 e. The summed E-state index contributed by atoms with van der Waals surface area (Å²) in [5.74, 6) is -1.35. The second-order valence-corrected chi connectivity index (χ2v) is 9.81. The number of aromatic hydroxyl groups is 1. The Bertz CT molecular complexity index is 1670. The van der Waals surface area contributed by atoms with Crippen molar-refractivity contribution in [3.05, 3.63) is 101 Å². The van der Waals surface area contributed by atoms with E-state index in [1.807, 2.05) is 13.8 Å². The van der Waals surface area contributed by atoms with Crippen LogP contribution in [-0.2, 0) is 0 Å². The topological polar surface area (TPSA) is 99.2 Å². The van der Waals surface area contributed by atoms with Crippen LogP contribution in [0.5, 0.6) is 11.5 Å². The molecule has 0 saturated carbocycles. The highest BCUT2D eigenvalue weighted by molar-refractivity contribution is 6.32. The van der Waals surface area contributed by atoms with Crippen LogP contribution in [0.25, 0.3) is 11.4 Å². The number of ether oxygens (including phenoxy) is 1. The van der Waals surface area contributed by atoms with E-state index in [9.17, 15) is 23.5 Å². The number of aromatic nitrogens is 4. The second-order valence-electron chi connectivity index (χ2n) is 8.99. The van der Waals surface area contributed by atoms with Gasteiger partial charge in [-0.2, -0.15) is 19.6 Å². The average molecular weight is 579 g/mol. The van der Waals surface area contributed by atoms with Crippen LogP contribution in [-0.4, -0.2) is 30.8 Å². The van der Waals surface area contributed by atoms with Crippen molar-refractivity contribution in [2.45, 2.75) is 47.6 Å². The van der Waals surface area contributed by atoms with Gasteiger partial charge in [-0.05, 0) is 64.8 Å². The van der Waals surface area contributed by atoms with Crippen molar-refractivity contribution in [1.82, 2.24) is 19.6 Å². The van der Waals surface area contributed by atoms with Crippen molar-refractivity contribution in [2.75, 3.05) is 0 Å². The van der Waals surface area contributed by atoms with Gasteiger partial charge in [-0.25, -0.2) is 8.78 Å². The first-order chi connectivity index (χ1) is 18.2. The molecule has 2 heterocycles. The van der Waals surface area contributed by atoms with E-state index in [1.165, 1.54) is 18.5 Å². The summed E-state index contributed by atoms with van der Waals surface area (Å²) in [4.78, 5) is 24.2. The summed E-state index contributed by atoms with van der Waals surface area (Å²) in [7, 11) is 0. The van der Waals surface area contributed by atoms with Gasteiger partial charge >= 0.3 is 0 Å². The largest absolute Gasteiger partial charge is 0.506 e. The van der Waals surface area contributed by atoms with E-state index in [2.05, 4.69) is 10.2 Å². The normalized spacial score (nSPS) is 10.8.